The molecule has 7 heteroatoms. The molecule has 0 aliphatic carbocycles. The molecule has 7 nitrogen and oxygen atoms in total. The molecule has 4 heterocycles. The molecule has 0 bridgehead atoms. The molecular weight excluding hydrogens is 364 g/mol. The Kier molecular flexibility index (Phi) is 4.99. The zero-order valence-electron chi connectivity index (χ0n) is 16.5. The highest BCUT2D eigenvalue weighted by Gasteiger charge is 2.26. The van der Waals surface area contributed by atoms with E-state index in [0.717, 1.165) is 67.4 Å². The van der Waals surface area contributed by atoms with Gasteiger partial charge in [-0.1, -0.05) is 0 Å². The number of benzene rings is 1. The Morgan fingerprint density at radius 2 is 1.72 bits per heavy atom. The van der Waals surface area contributed by atoms with E-state index in [0.29, 0.717) is 11.7 Å². The molecule has 2 N–H and O–H groups in total. The summed E-state index contributed by atoms with van der Waals surface area (Å²) in [6.45, 7) is 5.95. The van der Waals surface area contributed by atoms with Gasteiger partial charge in [0.15, 0.2) is 0 Å². The summed E-state index contributed by atoms with van der Waals surface area (Å²) in [6.07, 6.45) is 7.68. The number of pyridine rings is 1. The first-order valence-corrected chi connectivity index (χ1v) is 10.3. The summed E-state index contributed by atoms with van der Waals surface area (Å²) in [7, 11) is 0. The number of aromatic nitrogens is 3. The van der Waals surface area contributed by atoms with Crippen molar-refractivity contribution in [1.29, 1.82) is 0 Å². The van der Waals surface area contributed by atoms with Gasteiger partial charge in [0.1, 0.15) is 5.82 Å². The van der Waals surface area contributed by atoms with Crippen LogP contribution in [0.15, 0.2) is 42.9 Å². The third-order valence-corrected chi connectivity index (χ3v) is 6.01. The van der Waals surface area contributed by atoms with Crippen molar-refractivity contribution in [3.8, 4) is 11.1 Å². The molecule has 0 spiro atoms. The van der Waals surface area contributed by atoms with Crippen LogP contribution in [0.5, 0.6) is 0 Å². The van der Waals surface area contributed by atoms with Crippen molar-refractivity contribution < 1.29 is 4.74 Å². The second-order valence-electron chi connectivity index (χ2n) is 7.76. The van der Waals surface area contributed by atoms with E-state index in [4.69, 9.17) is 15.5 Å². The summed E-state index contributed by atoms with van der Waals surface area (Å²) >= 11 is 0. The number of fused-ring (bicyclic) bond motifs is 1. The van der Waals surface area contributed by atoms with Crippen LogP contribution in [0.1, 0.15) is 12.8 Å². The van der Waals surface area contributed by atoms with Gasteiger partial charge in [0.2, 0.25) is 0 Å². The molecule has 0 amide bonds. The van der Waals surface area contributed by atoms with Crippen LogP contribution in [0.3, 0.4) is 0 Å². The average molecular weight is 390 g/mol. The first kappa shape index (κ1) is 18.3. The average Bonchev–Trinajstić information content (AvgIpc) is 2.79. The molecule has 0 saturated carbocycles. The van der Waals surface area contributed by atoms with Gasteiger partial charge in [-0.05, 0) is 37.1 Å². The summed E-state index contributed by atoms with van der Waals surface area (Å²) < 4.78 is 5.48. The van der Waals surface area contributed by atoms with Crippen LogP contribution in [0.2, 0.25) is 0 Å². The number of morpholine rings is 1. The number of nitrogens with two attached hydrogens (primary N) is 1. The molecule has 3 aromatic rings. The SMILES string of the molecule is Nc1cc(-c2ccc(N3CCC(N4CCOCC4)CC3)nc2)c2nccnc2c1. The van der Waals surface area contributed by atoms with Crippen molar-refractivity contribution in [2.45, 2.75) is 18.9 Å². The Morgan fingerprint density at radius 1 is 0.931 bits per heavy atom. The topological polar surface area (TPSA) is 80.4 Å². The van der Waals surface area contributed by atoms with Gasteiger partial charge in [0, 0.05) is 67.6 Å². The predicted molar refractivity (Wildman–Crippen MR) is 115 cm³/mol. The Morgan fingerprint density at radius 3 is 2.48 bits per heavy atom. The molecule has 1 aromatic carbocycles. The number of nitrogen functional groups attached to an aromatic ring is 1. The van der Waals surface area contributed by atoms with E-state index in [2.05, 4.69) is 31.9 Å². The summed E-state index contributed by atoms with van der Waals surface area (Å²) in [6, 6.07) is 8.69. The summed E-state index contributed by atoms with van der Waals surface area (Å²) in [5, 5.41) is 0. The van der Waals surface area contributed by atoms with E-state index in [1.54, 1.807) is 12.4 Å². The molecule has 2 aromatic heterocycles. The first-order chi connectivity index (χ1) is 14.3. The largest absolute Gasteiger partial charge is 0.399 e. The van der Waals surface area contributed by atoms with Crippen molar-refractivity contribution >= 4 is 22.5 Å². The van der Waals surface area contributed by atoms with Crippen molar-refractivity contribution in [2.24, 2.45) is 0 Å². The van der Waals surface area contributed by atoms with E-state index < -0.39 is 0 Å². The van der Waals surface area contributed by atoms with Crippen molar-refractivity contribution in [3.63, 3.8) is 0 Å². The maximum absolute atomic E-state index is 6.08. The molecular formula is C22H26N6O. The third-order valence-electron chi connectivity index (χ3n) is 6.01. The molecule has 29 heavy (non-hydrogen) atoms. The fourth-order valence-corrected chi connectivity index (χ4v) is 4.45. The zero-order chi connectivity index (χ0) is 19.6. The molecule has 0 unspecified atom stereocenters. The molecule has 2 aliphatic heterocycles. The first-order valence-electron chi connectivity index (χ1n) is 10.3. The number of ether oxygens (including phenoxy) is 1. The number of rotatable bonds is 3. The lowest BCUT2D eigenvalue weighted by molar-refractivity contribution is 0.0115. The predicted octanol–water partition coefficient (Wildman–Crippen LogP) is 2.58. The Labute approximate surface area is 170 Å². The Hall–Kier alpha value is -2.77. The van der Waals surface area contributed by atoms with Gasteiger partial charge in [-0.15, -0.1) is 0 Å². The summed E-state index contributed by atoms with van der Waals surface area (Å²) in [5.41, 5.74) is 10.4. The van der Waals surface area contributed by atoms with E-state index >= 15 is 0 Å². The second-order valence-corrected chi connectivity index (χ2v) is 7.76. The lowest BCUT2D eigenvalue weighted by Crippen LogP contribution is -2.49. The van der Waals surface area contributed by atoms with Crippen molar-refractivity contribution in [1.82, 2.24) is 19.9 Å². The number of hydrogen-bond acceptors (Lipinski definition) is 7. The molecule has 150 valence electrons. The van der Waals surface area contributed by atoms with Crippen molar-refractivity contribution in [3.05, 3.63) is 42.9 Å². The molecule has 2 saturated heterocycles. The van der Waals surface area contributed by atoms with Crippen LogP contribution in [0.25, 0.3) is 22.2 Å². The fraction of sp³-hybridized carbons (Fsp3) is 0.409. The number of nitrogens with zero attached hydrogens (tertiary/aromatic N) is 5. The fourth-order valence-electron chi connectivity index (χ4n) is 4.45. The third kappa shape index (κ3) is 3.75. The van der Waals surface area contributed by atoms with Gasteiger partial charge in [0.05, 0.1) is 24.2 Å². The quantitative estimate of drug-likeness (QED) is 0.689. The zero-order valence-corrected chi connectivity index (χ0v) is 16.5. The van der Waals surface area contributed by atoms with Crippen molar-refractivity contribution in [2.75, 3.05) is 50.0 Å². The lowest BCUT2D eigenvalue weighted by Gasteiger charge is -2.40. The van der Waals surface area contributed by atoms with E-state index in [-0.39, 0.29) is 0 Å². The number of anilines is 2. The minimum Gasteiger partial charge on any atom is -0.399 e. The summed E-state index contributed by atoms with van der Waals surface area (Å²) in [4.78, 5) is 18.6. The highest BCUT2D eigenvalue weighted by atomic mass is 16.5. The highest BCUT2D eigenvalue weighted by Crippen LogP contribution is 2.30. The van der Waals surface area contributed by atoms with Crippen LogP contribution in [0, 0.1) is 0 Å². The van der Waals surface area contributed by atoms with Gasteiger partial charge >= 0.3 is 0 Å². The smallest absolute Gasteiger partial charge is 0.128 e. The monoisotopic (exact) mass is 390 g/mol. The minimum absolute atomic E-state index is 0.673. The second kappa shape index (κ2) is 7.93. The normalized spacial score (nSPS) is 19.0. The number of piperidine rings is 1. The molecule has 5 rings (SSSR count). The van der Waals surface area contributed by atoms with Gasteiger partial charge in [0.25, 0.3) is 0 Å². The molecule has 0 atom stereocenters. The lowest BCUT2D eigenvalue weighted by atomic mass is 10.0. The van der Waals surface area contributed by atoms with Gasteiger partial charge in [-0.2, -0.15) is 0 Å². The number of hydrogen-bond donors (Lipinski definition) is 1. The van der Waals surface area contributed by atoms with Crippen LogP contribution < -0.4 is 10.6 Å². The Balaban J connectivity index is 1.31. The van der Waals surface area contributed by atoms with E-state index in [1.807, 2.05) is 18.3 Å². The van der Waals surface area contributed by atoms with E-state index in [1.165, 1.54) is 12.8 Å². The van der Waals surface area contributed by atoms with Crippen LogP contribution in [-0.2, 0) is 4.74 Å². The standard InChI is InChI=1S/C22H26N6O/c23-17-13-19(22-20(14-17)24-5-6-25-22)16-1-2-21(26-15-16)28-7-3-18(4-8-28)27-9-11-29-12-10-27/h1-2,5-6,13-15,18H,3-4,7-12,23H2. The molecule has 0 radical (unpaired) electrons. The van der Waals surface area contributed by atoms with Crippen LogP contribution >= 0.6 is 0 Å². The molecule has 2 fully saturated rings. The maximum atomic E-state index is 6.08. The Bertz CT molecular complexity index is 978. The highest BCUT2D eigenvalue weighted by molar-refractivity contribution is 5.94. The maximum Gasteiger partial charge on any atom is 0.128 e. The van der Waals surface area contributed by atoms with Gasteiger partial charge < -0.3 is 15.4 Å². The van der Waals surface area contributed by atoms with E-state index in [9.17, 15) is 0 Å². The van der Waals surface area contributed by atoms with Crippen LogP contribution in [0.4, 0.5) is 11.5 Å². The molecule has 2 aliphatic rings. The van der Waals surface area contributed by atoms with Gasteiger partial charge in [-0.25, -0.2) is 4.98 Å². The summed E-state index contributed by atoms with van der Waals surface area (Å²) in [5.74, 6) is 1.04. The van der Waals surface area contributed by atoms with Gasteiger partial charge in [-0.3, -0.25) is 14.9 Å². The minimum atomic E-state index is 0.673. The van der Waals surface area contributed by atoms with Crippen LogP contribution in [-0.4, -0.2) is 65.3 Å².